The van der Waals surface area contributed by atoms with E-state index in [4.69, 9.17) is 15.2 Å². The molecule has 0 bridgehead atoms. The molecule has 11 heteroatoms. The van der Waals surface area contributed by atoms with E-state index in [0.29, 0.717) is 49.4 Å². The molecule has 1 atom stereocenters. The Morgan fingerprint density at radius 1 is 1.16 bits per heavy atom. The van der Waals surface area contributed by atoms with Crippen molar-refractivity contribution < 1.29 is 28.7 Å². The Morgan fingerprint density at radius 2 is 1.97 bits per heavy atom. The van der Waals surface area contributed by atoms with Crippen LogP contribution in [0.15, 0.2) is 18.2 Å². The summed E-state index contributed by atoms with van der Waals surface area (Å²) >= 11 is 0. The number of likely N-dealkylation sites (tertiary alicyclic amines) is 1. The molecule has 0 saturated carbocycles. The van der Waals surface area contributed by atoms with Gasteiger partial charge in [-0.3, -0.25) is 14.4 Å². The van der Waals surface area contributed by atoms with Crippen molar-refractivity contribution in [2.75, 3.05) is 46.4 Å². The number of nitrogens with two attached hydrogens (primary N) is 1. The van der Waals surface area contributed by atoms with Gasteiger partial charge in [0, 0.05) is 25.7 Å². The second-order valence-electron chi connectivity index (χ2n) is 7.62. The smallest absolute Gasteiger partial charge is 0.315 e. The maximum absolute atomic E-state index is 13.1. The molecule has 4 N–H and O–H groups in total. The van der Waals surface area contributed by atoms with Gasteiger partial charge < -0.3 is 35.6 Å². The van der Waals surface area contributed by atoms with E-state index in [9.17, 15) is 19.2 Å². The van der Waals surface area contributed by atoms with Gasteiger partial charge in [0.15, 0.2) is 0 Å². The van der Waals surface area contributed by atoms with E-state index in [0.717, 1.165) is 0 Å². The summed E-state index contributed by atoms with van der Waals surface area (Å²) in [5.74, 6) is -0.0519. The highest BCUT2D eigenvalue weighted by Gasteiger charge is 2.36. The van der Waals surface area contributed by atoms with Gasteiger partial charge in [0.1, 0.15) is 24.1 Å². The third-order valence-corrected chi connectivity index (χ3v) is 5.47. The van der Waals surface area contributed by atoms with Crippen molar-refractivity contribution in [1.82, 2.24) is 20.4 Å². The van der Waals surface area contributed by atoms with Crippen LogP contribution >= 0.6 is 0 Å². The number of ether oxygens (including phenoxy) is 2. The maximum Gasteiger partial charge on any atom is 0.315 e. The van der Waals surface area contributed by atoms with Crippen molar-refractivity contribution >= 4 is 23.8 Å². The normalized spacial score (nSPS) is 20.3. The number of primary amides is 1. The van der Waals surface area contributed by atoms with Crippen LogP contribution in [0.2, 0.25) is 0 Å². The van der Waals surface area contributed by atoms with Crippen LogP contribution in [0.25, 0.3) is 0 Å². The minimum absolute atomic E-state index is 0.130. The van der Waals surface area contributed by atoms with Gasteiger partial charge >= 0.3 is 6.03 Å². The van der Waals surface area contributed by atoms with Crippen LogP contribution in [0.4, 0.5) is 4.79 Å². The molecule has 32 heavy (non-hydrogen) atoms. The van der Waals surface area contributed by atoms with E-state index in [2.05, 4.69) is 10.6 Å². The van der Waals surface area contributed by atoms with Gasteiger partial charge in [-0.15, -0.1) is 0 Å². The highest BCUT2D eigenvalue weighted by atomic mass is 16.5. The summed E-state index contributed by atoms with van der Waals surface area (Å²) in [5, 5.41) is 5.54. The summed E-state index contributed by atoms with van der Waals surface area (Å²) in [6.07, 6.45) is 1.61. The Labute approximate surface area is 186 Å². The molecular formula is C21H29N5O6. The Hall–Kier alpha value is -3.50. The number of carbonyl (C=O) groups is 4. The molecule has 0 unspecified atom stereocenters. The van der Waals surface area contributed by atoms with Gasteiger partial charge in [0.05, 0.1) is 25.8 Å². The van der Waals surface area contributed by atoms with Crippen LogP contribution in [0, 0.1) is 0 Å². The number of methoxy groups -OCH3 is 1. The van der Waals surface area contributed by atoms with Gasteiger partial charge in [-0.1, -0.05) is 0 Å². The highest BCUT2D eigenvalue weighted by Crippen LogP contribution is 2.25. The SMILES string of the molecule is COc1ccc2c(c1)OCCNC(=O)CN(C(=O)[C@@H]1CCCN1C(N)=O)CCCNC2=O. The molecular weight excluding hydrogens is 418 g/mol. The van der Waals surface area contributed by atoms with E-state index in [-0.39, 0.29) is 44.0 Å². The number of nitrogens with one attached hydrogen (secondary N) is 2. The van der Waals surface area contributed by atoms with Crippen LogP contribution in [0.5, 0.6) is 11.5 Å². The molecule has 2 heterocycles. The number of urea groups is 1. The zero-order valence-corrected chi connectivity index (χ0v) is 18.1. The molecule has 1 aromatic rings. The first-order valence-electron chi connectivity index (χ1n) is 10.6. The maximum atomic E-state index is 13.1. The fraction of sp³-hybridized carbons (Fsp3) is 0.524. The average Bonchev–Trinajstić information content (AvgIpc) is 3.28. The average molecular weight is 447 g/mol. The van der Waals surface area contributed by atoms with Gasteiger partial charge in [-0.2, -0.15) is 0 Å². The van der Waals surface area contributed by atoms with Crippen LogP contribution in [-0.2, 0) is 9.59 Å². The predicted octanol–water partition coefficient (Wildman–Crippen LogP) is -0.305. The lowest BCUT2D eigenvalue weighted by atomic mass is 10.1. The van der Waals surface area contributed by atoms with Crippen molar-refractivity contribution in [1.29, 1.82) is 0 Å². The molecule has 0 spiro atoms. The van der Waals surface area contributed by atoms with E-state index in [1.165, 1.54) is 16.9 Å². The lowest BCUT2D eigenvalue weighted by Crippen LogP contribution is -2.52. The van der Waals surface area contributed by atoms with Crippen LogP contribution in [0.3, 0.4) is 0 Å². The largest absolute Gasteiger partial charge is 0.497 e. The molecule has 1 fully saturated rings. The van der Waals surface area contributed by atoms with Gasteiger partial charge in [-0.05, 0) is 31.4 Å². The van der Waals surface area contributed by atoms with Crippen LogP contribution in [0.1, 0.15) is 29.6 Å². The molecule has 3 rings (SSSR count). The lowest BCUT2D eigenvalue weighted by Gasteiger charge is -2.29. The summed E-state index contributed by atoms with van der Waals surface area (Å²) in [4.78, 5) is 52.5. The molecule has 11 nitrogen and oxygen atoms in total. The van der Waals surface area contributed by atoms with E-state index >= 15 is 0 Å². The predicted molar refractivity (Wildman–Crippen MR) is 114 cm³/mol. The highest BCUT2D eigenvalue weighted by molar-refractivity contribution is 5.97. The summed E-state index contributed by atoms with van der Waals surface area (Å²) in [7, 11) is 1.52. The number of hydrogen-bond donors (Lipinski definition) is 3. The van der Waals surface area contributed by atoms with Crippen molar-refractivity contribution in [2.45, 2.75) is 25.3 Å². The Kier molecular flexibility index (Phi) is 7.74. The topological polar surface area (TPSA) is 143 Å². The third kappa shape index (κ3) is 5.59. The minimum Gasteiger partial charge on any atom is -0.497 e. The van der Waals surface area contributed by atoms with Crippen molar-refractivity contribution in [3.63, 3.8) is 0 Å². The fourth-order valence-corrected chi connectivity index (χ4v) is 3.85. The van der Waals surface area contributed by atoms with Crippen molar-refractivity contribution in [3.8, 4) is 11.5 Å². The molecule has 0 aromatic heterocycles. The second-order valence-corrected chi connectivity index (χ2v) is 7.62. The molecule has 0 aliphatic carbocycles. The molecule has 1 saturated heterocycles. The fourth-order valence-electron chi connectivity index (χ4n) is 3.85. The summed E-state index contributed by atoms with van der Waals surface area (Å²) in [5.41, 5.74) is 5.75. The third-order valence-electron chi connectivity index (χ3n) is 5.47. The first-order valence-corrected chi connectivity index (χ1v) is 10.6. The first kappa shape index (κ1) is 23.2. The quantitative estimate of drug-likeness (QED) is 0.568. The van der Waals surface area contributed by atoms with Crippen molar-refractivity contribution in [2.24, 2.45) is 5.73 Å². The number of nitrogens with zero attached hydrogens (tertiary/aromatic N) is 2. The van der Waals surface area contributed by atoms with E-state index in [1.54, 1.807) is 18.2 Å². The molecule has 2 aliphatic heterocycles. The van der Waals surface area contributed by atoms with Gasteiger partial charge in [0.2, 0.25) is 11.8 Å². The second kappa shape index (κ2) is 10.7. The summed E-state index contributed by atoms with van der Waals surface area (Å²) < 4.78 is 10.9. The number of rotatable bonds is 2. The summed E-state index contributed by atoms with van der Waals surface area (Å²) in [6, 6.07) is 3.59. The Morgan fingerprint density at radius 3 is 2.72 bits per heavy atom. The number of fused-ring (bicyclic) bond motifs is 1. The number of hydrogen-bond acceptors (Lipinski definition) is 6. The molecule has 174 valence electrons. The zero-order chi connectivity index (χ0) is 23.1. The standard InChI is InChI=1S/C21H29N5O6/c1-31-14-5-6-15-17(12-14)32-11-8-23-18(27)13-25(9-3-7-24-19(15)28)20(29)16-4-2-10-26(16)21(22)30/h5-6,12,16H,2-4,7-11,13H2,1H3,(H2,22,30)(H,23,27)(H,24,28)/t16-/m0/s1. The number of benzene rings is 1. The molecule has 2 aliphatic rings. The van der Waals surface area contributed by atoms with Gasteiger partial charge in [0.25, 0.3) is 5.91 Å². The van der Waals surface area contributed by atoms with Crippen LogP contribution in [-0.4, -0.2) is 86.0 Å². The number of carbonyl (C=O) groups excluding carboxylic acids is 4. The number of amides is 5. The van der Waals surface area contributed by atoms with Crippen molar-refractivity contribution in [3.05, 3.63) is 23.8 Å². The lowest BCUT2D eigenvalue weighted by molar-refractivity contribution is -0.139. The monoisotopic (exact) mass is 447 g/mol. The zero-order valence-electron chi connectivity index (χ0n) is 18.1. The Balaban J connectivity index is 1.72. The summed E-state index contributed by atoms with van der Waals surface area (Å²) in [6.45, 7) is 1.13. The molecule has 0 radical (unpaired) electrons. The molecule has 1 aromatic carbocycles. The molecule has 5 amide bonds. The van der Waals surface area contributed by atoms with E-state index < -0.39 is 12.1 Å². The van der Waals surface area contributed by atoms with Gasteiger partial charge in [-0.25, -0.2) is 4.79 Å². The minimum atomic E-state index is -0.668. The first-order chi connectivity index (χ1) is 15.4. The van der Waals surface area contributed by atoms with E-state index in [1.807, 2.05) is 0 Å². The Bertz CT molecular complexity index is 876. The van der Waals surface area contributed by atoms with Crippen LogP contribution < -0.4 is 25.8 Å².